The van der Waals surface area contributed by atoms with Gasteiger partial charge in [0.1, 0.15) is 17.7 Å². The van der Waals surface area contributed by atoms with Crippen molar-refractivity contribution in [3.63, 3.8) is 0 Å². The predicted molar refractivity (Wildman–Crippen MR) is 91.1 cm³/mol. The van der Waals surface area contributed by atoms with Crippen LogP contribution in [-0.4, -0.2) is 23.4 Å². The molecule has 0 fully saturated rings. The third kappa shape index (κ3) is 2.86. The van der Waals surface area contributed by atoms with Crippen LogP contribution in [0.3, 0.4) is 0 Å². The van der Waals surface area contributed by atoms with Gasteiger partial charge in [-0.25, -0.2) is 13.6 Å². The summed E-state index contributed by atoms with van der Waals surface area (Å²) in [5, 5.41) is 0.575. The number of hydrogen-bond acceptors (Lipinski definition) is 4. The minimum atomic E-state index is -0.721. The lowest BCUT2D eigenvalue weighted by Crippen LogP contribution is -2.32. The van der Waals surface area contributed by atoms with Gasteiger partial charge >= 0.3 is 5.97 Å². The highest BCUT2D eigenvalue weighted by atomic mass is 32.2. The summed E-state index contributed by atoms with van der Waals surface area (Å²) in [7, 11) is 1.27. The van der Waals surface area contributed by atoms with Gasteiger partial charge < -0.3 is 4.74 Å². The summed E-state index contributed by atoms with van der Waals surface area (Å²) < 4.78 is 34.3. The second kappa shape index (κ2) is 6.63. The van der Waals surface area contributed by atoms with Crippen molar-refractivity contribution >= 4 is 17.7 Å². The number of esters is 1. The molecule has 132 valence electrons. The molecule has 0 saturated carbocycles. The van der Waals surface area contributed by atoms with Gasteiger partial charge in [-0.1, -0.05) is 6.07 Å². The van der Waals surface area contributed by atoms with E-state index in [-0.39, 0.29) is 17.5 Å². The molecule has 1 aliphatic heterocycles. The Morgan fingerprint density at radius 2 is 1.88 bits per heavy atom. The molecule has 1 aromatic carbocycles. The number of fused-ring (bicyclic) bond motifs is 1. The minimum Gasteiger partial charge on any atom is -0.467 e. The fraction of sp³-hybridized carbons (Fsp3) is 0.333. The normalized spacial score (nSPS) is 16.0. The lowest BCUT2D eigenvalue weighted by molar-refractivity contribution is -0.143. The van der Waals surface area contributed by atoms with Crippen molar-refractivity contribution in [1.29, 1.82) is 0 Å². The molecule has 7 heteroatoms. The molecular formula is C18H17F2NO3S. The van der Waals surface area contributed by atoms with Crippen LogP contribution in [0.25, 0.3) is 0 Å². The van der Waals surface area contributed by atoms with Crippen LogP contribution >= 0.6 is 11.8 Å². The molecule has 0 aliphatic carbocycles. The molecule has 0 spiro atoms. The van der Waals surface area contributed by atoms with Crippen molar-refractivity contribution in [2.24, 2.45) is 0 Å². The maximum absolute atomic E-state index is 14.1. The Morgan fingerprint density at radius 1 is 1.24 bits per heavy atom. The molecule has 1 aliphatic rings. The van der Waals surface area contributed by atoms with E-state index in [0.29, 0.717) is 27.5 Å². The maximum atomic E-state index is 14.1. The zero-order valence-corrected chi connectivity index (χ0v) is 14.9. The van der Waals surface area contributed by atoms with Crippen molar-refractivity contribution in [2.45, 2.75) is 31.3 Å². The fourth-order valence-corrected chi connectivity index (χ4v) is 4.38. The van der Waals surface area contributed by atoms with E-state index in [2.05, 4.69) is 0 Å². The molecule has 2 aromatic rings. The fourth-order valence-electron chi connectivity index (χ4n) is 3.03. The first kappa shape index (κ1) is 17.7. The van der Waals surface area contributed by atoms with Gasteiger partial charge in [0.25, 0.3) is 5.56 Å². The van der Waals surface area contributed by atoms with E-state index in [1.54, 1.807) is 13.8 Å². The van der Waals surface area contributed by atoms with Crippen molar-refractivity contribution < 1.29 is 18.3 Å². The molecule has 0 N–H and O–H groups in total. The van der Waals surface area contributed by atoms with E-state index in [1.165, 1.54) is 41.6 Å². The molecule has 1 aromatic heterocycles. The number of halogens is 2. The first-order valence-corrected chi connectivity index (χ1v) is 8.73. The number of hydrogen-bond donors (Lipinski definition) is 0. The van der Waals surface area contributed by atoms with E-state index in [9.17, 15) is 18.4 Å². The summed E-state index contributed by atoms with van der Waals surface area (Å²) in [6, 6.07) is 3.01. The van der Waals surface area contributed by atoms with Crippen LogP contribution in [0, 0.1) is 25.5 Å². The molecule has 2 heterocycles. The molecule has 0 radical (unpaired) electrons. The standard InChI is InChI=1S/C18H17F2NO3S/c1-9-10(2)16(22)21-15(18(23)24-3)8-25-17(21)11(9)7-12-13(19)5-4-6-14(12)20/h4-6,15H,7-8H2,1-3H3. The molecular weight excluding hydrogens is 348 g/mol. The average Bonchev–Trinajstić information content (AvgIpc) is 3.03. The molecule has 25 heavy (non-hydrogen) atoms. The summed E-state index contributed by atoms with van der Waals surface area (Å²) in [5.74, 6) is -1.40. The van der Waals surface area contributed by atoms with Crippen LogP contribution in [0.15, 0.2) is 28.0 Å². The molecule has 4 nitrogen and oxygen atoms in total. The van der Waals surface area contributed by atoms with E-state index in [1.807, 2.05) is 0 Å². The van der Waals surface area contributed by atoms with Gasteiger partial charge in [-0.2, -0.15) is 0 Å². The highest BCUT2D eigenvalue weighted by molar-refractivity contribution is 7.99. The third-order valence-electron chi connectivity index (χ3n) is 4.61. The lowest BCUT2D eigenvalue weighted by Gasteiger charge is -2.18. The first-order valence-electron chi connectivity index (χ1n) is 7.74. The Hall–Kier alpha value is -2.15. The molecule has 0 amide bonds. The average molecular weight is 365 g/mol. The smallest absolute Gasteiger partial charge is 0.329 e. The second-order valence-electron chi connectivity index (χ2n) is 5.94. The Labute approximate surface area is 147 Å². The number of carbonyl (C=O) groups is 1. The zero-order valence-electron chi connectivity index (χ0n) is 14.1. The van der Waals surface area contributed by atoms with Crippen LogP contribution in [0.5, 0.6) is 0 Å². The van der Waals surface area contributed by atoms with Crippen LogP contribution < -0.4 is 5.56 Å². The zero-order chi connectivity index (χ0) is 18.3. The predicted octanol–water partition coefficient (Wildman–Crippen LogP) is 3.15. The van der Waals surface area contributed by atoms with Gasteiger partial charge in [0.2, 0.25) is 0 Å². The molecule has 1 unspecified atom stereocenters. The minimum absolute atomic E-state index is 0.0156. The van der Waals surface area contributed by atoms with Crippen molar-refractivity contribution in [1.82, 2.24) is 4.57 Å². The SMILES string of the molecule is COC(=O)C1CSc2c(Cc3c(F)cccc3F)c(C)c(C)c(=O)n21. The highest BCUT2D eigenvalue weighted by Crippen LogP contribution is 2.38. The number of pyridine rings is 1. The summed E-state index contributed by atoms with van der Waals surface area (Å²) in [6.07, 6.45) is 0.0156. The molecule has 1 atom stereocenters. The quantitative estimate of drug-likeness (QED) is 0.784. The summed E-state index contributed by atoms with van der Waals surface area (Å²) in [6.45, 7) is 3.42. The van der Waals surface area contributed by atoms with E-state index in [0.717, 1.165) is 0 Å². The van der Waals surface area contributed by atoms with E-state index >= 15 is 0 Å². The largest absolute Gasteiger partial charge is 0.467 e. The summed E-state index contributed by atoms with van der Waals surface area (Å²) in [4.78, 5) is 24.6. The Balaban J connectivity index is 2.19. The van der Waals surface area contributed by atoms with Gasteiger partial charge in [0, 0.05) is 23.3 Å². The third-order valence-corrected chi connectivity index (χ3v) is 5.81. The lowest BCUT2D eigenvalue weighted by atomic mass is 9.98. The number of carbonyl (C=O) groups excluding carboxylic acids is 1. The number of methoxy groups -OCH3 is 1. The van der Waals surface area contributed by atoms with Gasteiger partial charge in [0.05, 0.1) is 12.1 Å². The second-order valence-corrected chi connectivity index (χ2v) is 6.94. The topological polar surface area (TPSA) is 48.3 Å². The number of nitrogens with zero attached hydrogens (tertiary/aromatic N) is 1. The summed E-state index contributed by atoms with van der Waals surface area (Å²) in [5.41, 5.74) is 1.50. The number of rotatable bonds is 3. The van der Waals surface area contributed by atoms with Crippen LogP contribution in [-0.2, 0) is 16.0 Å². The Morgan fingerprint density at radius 3 is 2.48 bits per heavy atom. The van der Waals surface area contributed by atoms with Gasteiger partial charge in [-0.3, -0.25) is 9.36 Å². The van der Waals surface area contributed by atoms with Crippen molar-refractivity contribution in [2.75, 3.05) is 12.9 Å². The number of thioether (sulfide) groups is 1. The van der Waals surface area contributed by atoms with Gasteiger partial charge in [0.15, 0.2) is 0 Å². The molecule has 0 saturated heterocycles. The Kier molecular flexibility index (Phi) is 4.69. The monoisotopic (exact) mass is 365 g/mol. The van der Waals surface area contributed by atoms with Gasteiger partial charge in [-0.05, 0) is 37.1 Å². The number of ether oxygens (including phenoxy) is 1. The van der Waals surface area contributed by atoms with Crippen molar-refractivity contribution in [3.8, 4) is 0 Å². The number of benzene rings is 1. The number of aromatic nitrogens is 1. The molecule has 0 bridgehead atoms. The van der Waals surface area contributed by atoms with Crippen LogP contribution in [0.4, 0.5) is 8.78 Å². The van der Waals surface area contributed by atoms with E-state index < -0.39 is 23.6 Å². The van der Waals surface area contributed by atoms with Crippen LogP contribution in [0.2, 0.25) is 0 Å². The van der Waals surface area contributed by atoms with Crippen LogP contribution in [0.1, 0.15) is 28.3 Å². The highest BCUT2D eigenvalue weighted by Gasteiger charge is 2.34. The van der Waals surface area contributed by atoms with Gasteiger partial charge in [-0.15, -0.1) is 11.8 Å². The summed E-state index contributed by atoms with van der Waals surface area (Å²) >= 11 is 1.33. The van der Waals surface area contributed by atoms with Crippen molar-refractivity contribution in [3.05, 3.63) is 62.4 Å². The Bertz CT molecular complexity index is 903. The maximum Gasteiger partial charge on any atom is 0.329 e. The first-order chi connectivity index (χ1) is 11.9. The van der Waals surface area contributed by atoms with E-state index in [4.69, 9.17) is 4.74 Å². The molecule has 3 rings (SSSR count).